The third-order valence-corrected chi connectivity index (χ3v) is 5.44. The van der Waals surface area contributed by atoms with Crippen molar-refractivity contribution in [2.75, 3.05) is 25.0 Å². The number of para-hydroxylation sites is 1. The van der Waals surface area contributed by atoms with E-state index in [4.69, 9.17) is 23.2 Å². The minimum Gasteiger partial charge on any atom is -0.328 e. The van der Waals surface area contributed by atoms with Crippen LogP contribution >= 0.6 is 23.2 Å². The van der Waals surface area contributed by atoms with Crippen molar-refractivity contribution >= 4 is 40.8 Å². The number of nitrogens with one attached hydrogen (secondary N) is 1. The minimum atomic E-state index is -0.393. The van der Waals surface area contributed by atoms with Gasteiger partial charge in [-0.2, -0.15) is 0 Å². The molecule has 2 heterocycles. The zero-order valence-corrected chi connectivity index (χ0v) is 15.6. The summed E-state index contributed by atoms with van der Waals surface area (Å²) >= 11 is 12.7. The molecule has 134 valence electrons. The SMILES string of the molecule is CN1Cc2c(Cl)cc(Cl)cc2C(c2ccccc2N2C(=O)CNC2=O)C1. The van der Waals surface area contributed by atoms with Gasteiger partial charge < -0.3 is 10.2 Å². The monoisotopic (exact) mass is 389 g/mol. The summed E-state index contributed by atoms with van der Waals surface area (Å²) in [6.07, 6.45) is 0. The third-order valence-electron chi connectivity index (χ3n) is 4.89. The summed E-state index contributed by atoms with van der Waals surface area (Å²) in [5.41, 5.74) is 3.58. The number of halogens is 2. The highest BCUT2D eigenvalue weighted by Gasteiger charge is 2.35. The Hall–Kier alpha value is -2.08. The average Bonchev–Trinajstić information content (AvgIpc) is 2.93. The first kappa shape index (κ1) is 17.3. The Labute approximate surface area is 161 Å². The Balaban J connectivity index is 1.88. The van der Waals surface area contributed by atoms with Crippen LogP contribution in [0.1, 0.15) is 22.6 Å². The molecule has 0 bridgehead atoms. The van der Waals surface area contributed by atoms with Gasteiger partial charge in [0.15, 0.2) is 0 Å². The maximum atomic E-state index is 12.2. The Kier molecular flexibility index (Phi) is 4.39. The number of carbonyl (C=O) groups excluding carboxylic acids is 2. The molecule has 0 aromatic heterocycles. The maximum Gasteiger partial charge on any atom is 0.329 e. The van der Waals surface area contributed by atoms with E-state index in [1.54, 1.807) is 12.1 Å². The summed E-state index contributed by atoms with van der Waals surface area (Å²) in [6, 6.07) is 10.8. The van der Waals surface area contributed by atoms with Gasteiger partial charge in [0.05, 0.1) is 12.2 Å². The van der Waals surface area contributed by atoms with E-state index in [0.717, 1.165) is 29.8 Å². The first-order chi connectivity index (χ1) is 12.5. The van der Waals surface area contributed by atoms with Crippen molar-refractivity contribution in [3.05, 3.63) is 63.1 Å². The van der Waals surface area contributed by atoms with Crippen molar-refractivity contribution in [1.82, 2.24) is 10.2 Å². The normalized spacial score (nSPS) is 20.3. The second kappa shape index (κ2) is 6.58. The lowest BCUT2D eigenvalue weighted by atomic mass is 9.83. The number of rotatable bonds is 2. The zero-order chi connectivity index (χ0) is 18.4. The number of likely N-dealkylation sites (N-methyl/N-ethyl adjacent to an activating group) is 1. The van der Waals surface area contributed by atoms with Crippen molar-refractivity contribution in [1.29, 1.82) is 0 Å². The molecule has 4 rings (SSSR count). The molecule has 1 N–H and O–H groups in total. The molecular weight excluding hydrogens is 373 g/mol. The van der Waals surface area contributed by atoms with Gasteiger partial charge in [-0.15, -0.1) is 0 Å². The van der Waals surface area contributed by atoms with Gasteiger partial charge in [-0.25, -0.2) is 9.69 Å². The lowest BCUT2D eigenvalue weighted by molar-refractivity contribution is -0.115. The Morgan fingerprint density at radius 3 is 2.62 bits per heavy atom. The van der Waals surface area contributed by atoms with Gasteiger partial charge >= 0.3 is 6.03 Å². The number of amides is 3. The minimum absolute atomic E-state index is 0.0198. The van der Waals surface area contributed by atoms with Gasteiger partial charge in [0, 0.05) is 29.1 Å². The van der Waals surface area contributed by atoms with Crippen LogP contribution in [-0.2, 0) is 11.3 Å². The number of anilines is 1. The van der Waals surface area contributed by atoms with Crippen LogP contribution in [-0.4, -0.2) is 37.0 Å². The van der Waals surface area contributed by atoms with Crippen molar-refractivity contribution in [2.24, 2.45) is 0 Å². The van der Waals surface area contributed by atoms with E-state index in [9.17, 15) is 9.59 Å². The maximum absolute atomic E-state index is 12.2. The molecule has 1 unspecified atom stereocenters. The topological polar surface area (TPSA) is 52.6 Å². The van der Waals surface area contributed by atoms with E-state index in [0.29, 0.717) is 15.7 Å². The van der Waals surface area contributed by atoms with Crippen LogP contribution < -0.4 is 10.2 Å². The summed E-state index contributed by atoms with van der Waals surface area (Å²) in [5, 5.41) is 3.79. The Morgan fingerprint density at radius 2 is 1.88 bits per heavy atom. The first-order valence-electron chi connectivity index (χ1n) is 8.32. The molecule has 2 aliphatic heterocycles. The molecule has 0 spiro atoms. The summed E-state index contributed by atoms with van der Waals surface area (Å²) in [5.74, 6) is -0.298. The highest BCUT2D eigenvalue weighted by Crippen LogP contribution is 2.41. The number of carbonyl (C=O) groups is 2. The Morgan fingerprint density at radius 1 is 1.12 bits per heavy atom. The van der Waals surface area contributed by atoms with E-state index in [1.807, 2.05) is 31.3 Å². The third kappa shape index (κ3) is 2.86. The van der Waals surface area contributed by atoms with Gasteiger partial charge in [-0.3, -0.25) is 4.79 Å². The van der Waals surface area contributed by atoms with Crippen LogP contribution in [0, 0.1) is 0 Å². The second-order valence-corrected chi connectivity index (χ2v) is 7.50. The van der Waals surface area contributed by atoms with Crippen molar-refractivity contribution in [2.45, 2.75) is 12.5 Å². The quantitative estimate of drug-likeness (QED) is 0.797. The van der Waals surface area contributed by atoms with Crippen molar-refractivity contribution in [3.63, 3.8) is 0 Å². The summed E-state index contributed by atoms with van der Waals surface area (Å²) < 4.78 is 0. The molecule has 7 heteroatoms. The van der Waals surface area contributed by atoms with Crippen LogP contribution in [0.2, 0.25) is 10.0 Å². The predicted molar refractivity (Wildman–Crippen MR) is 102 cm³/mol. The molecule has 3 amide bonds. The standard InChI is InChI=1S/C19H17Cl2N3O2/c1-23-9-14(13-6-11(20)7-16(21)15(13)10-23)12-4-2-3-5-17(12)24-18(25)8-22-19(24)26/h2-7,14H,8-10H2,1H3,(H,22,26). The van der Waals surface area contributed by atoms with Gasteiger partial charge in [0.1, 0.15) is 0 Å². The summed E-state index contributed by atoms with van der Waals surface area (Å²) in [4.78, 5) is 27.8. The highest BCUT2D eigenvalue weighted by atomic mass is 35.5. The van der Waals surface area contributed by atoms with Crippen LogP contribution in [0.3, 0.4) is 0 Å². The smallest absolute Gasteiger partial charge is 0.328 e. The van der Waals surface area contributed by atoms with Gasteiger partial charge in [0.2, 0.25) is 0 Å². The fraction of sp³-hybridized carbons (Fsp3) is 0.263. The van der Waals surface area contributed by atoms with E-state index < -0.39 is 6.03 Å². The number of fused-ring (bicyclic) bond motifs is 1. The van der Waals surface area contributed by atoms with Crippen LogP contribution in [0.5, 0.6) is 0 Å². The highest BCUT2D eigenvalue weighted by molar-refractivity contribution is 6.35. The first-order valence-corrected chi connectivity index (χ1v) is 9.07. The molecule has 0 radical (unpaired) electrons. The molecule has 2 aromatic rings. The lowest BCUT2D eigenvalue weighted by Crippen LogP contribution is -2.35. The predicted octanol–water partition coefficient (Wildman–Crippen LogP) is 3.63. The molecule has 0 aliphatic carbocycles. The van der Waals surface area contributed by atoms with Crippen LogP contribution in [0.4, 0.5) is 10.5 Å². The van der Waals surface area contributed by atoms with E-state index >= 15 is 0 Å². The zero-order valence-electron chi connectivity index (χ0n) is 14.1. The molecule has 1 saturated heterocycles. The number of urea groups is 1. The Bertz CT molecular complexity index is 900. The average molecular weight is 390 g/mol. The van der Waals surface area contributed by atoms with Gasteiger partial charge in [-0.05, 0) is 41.9 Å². The molecule has 26 heavy (non-hydrogen) atoms. The molecule has 2 aromatic carbocycles. The summed E-state index contributed by atoms with van der Waals surface area (Å²) in [7, 11) is 2.03. The van der Waals surface area contributed by atoms with Crippen molar-refractivity contribution < 1.29 is 9.59 Å². The molecule has 1 fully saturated rings. The molecular formula is C19H17Cl2N3O2. The fourth-order valence-electron chi connectivity index (χ4n) is 3.76. The largest absolute Gasteiger partial charge is 0.329 e. The molecule has 0 saturated carbocycles. The summed E-state index contributed by atoms with van der Waals surface area (Å²) in [6.45, 7) is 1.49. The number of hydrogen-bond acceptors (Lipinski definition) is 3. The van der Waals surface area contributed by atoms with Gasteiger partial charge in [0.25, 0.3) is 5.91 Å². The molecule has 1 atom stereocenters. The molecule has 5 nitrogen and oxygen atoms in total. The van der Waals surface area contributed by atoms with E-state index in [2.05, 4.69) is 10.2 Å². The molecule has 2 aliphatic rings. The van der Waals surface area contributed by atoms with E-state index in [1.165, 1.54) is 4.90 Å². The van der Waals surface area contributed by atoms with E-state index in [-0.39, 0.29) is 18.4 Å². The number of benzene rings is 2. The van der Waals surface area contributed by atoms with Crippen molar-refractivity contribution in [3.8, 4) is 0 Å². The van der Waals surface area contributed by atoms with Crippen LogP contribution in [0.25, 0.3) is 0 Å². The number of imide groups is 1. The number of nitrogens with zero attached hydrogens (tertiary/aromatic N) is 2. The lowest BCUT2D eigenvalue weighted by Gasteiger charge is -2.34. The number of hydrogen-bond donors (Lipinski definition) is 1. The second-order valence-electron chi connectivity index (χ2n) is 6.65. The fourth-order valence-corrected chi connectivity index (χ4v) is 4.33. The van der Waals surface area contributed by atoms with Crippen LogP contribution in [0.15, 0.2) is 36.4 Å². The van der Waals surface area contributed by atoms with Gasteiger partial charge in [-0.1, -0.05) is 41.4 Å².